The van der Waals surface area contributed by atoms with Crippen LogP contribution in [0, 0.1) is 5.41 Å². The molecule has 0 spiro atoms. The summed E-state index contributed by atoms with van der Waals surface area (Å²) in [5, 5.41) is 4.18. The van der Waals surface area contributed by atoms with Crippen molar-refractivity contribution in [1.82, 2.24) is 5.32 Å². The van der Waals surface area contributed by atoms with Crippen LogP contribution in [-0.2, 0) is 0 Å². The van der Waals surface area contributed by atoms with Gasteiger partial charge in [0.15, 0.2) is 0 Å². The average Bonchev–Trinajstić information content (AvgIpc) is 2.14. The van der Waals surface area contributed by atoms with E-state index in [4.69, 9.17) is 11.6 Å². The van der Waals surface area contributed by atoms with E-state index >= 15 is 0 Å². The first-order valence-corrected chi connectivity index (χ1v) is 6.49. The van der Waals surface area contributed by atoms with E-state index in [0.29, 0.717) is 10.8 Å². The Labute approximate surface area is 92.6 Å². The van der Waals surface area contributed by atoms with Crippen molar-refractivity contribution in [3.63, 3.8) is 0 Å². The molecule has 14 heavy (non-hydrogen) atoms. The summed E-state index contributed by atoms with van der Waals surface area (Å²) in [6.07, 6.45) is 9.25. The predicted octanol–water partition coefficient (Wildman–Crippen LogP) is 3.32. The lowest BCUT2D eigenvalue weighted by atomic mass is 9.70. The van der Waals surface area contributed by atoms with Gasteiger partial charge in [0.05, 0.1) is 0 Å². The molecule has 0 aromatic rings. The molecule has 1 nitrogen and oxygen atoms in total. The lowest BCUT2D eigenvalue weighted by Crippen LogP contribution is -2.43. The van der Waals surface area contributed by atoms with Gasteiger partial charge in [-0.2, -0.15) is 0 Å². The molecular formula is C12H22ClN. The lowest BCUT2D eigenvalue weighted by molar-refractivity contribution is 0.146. The summed E-state index contributed by atoms with van der Waals surface area (Å²) in [5.41, 5.74) is 0.623. The van der Waals surface area contributed by atoms with Gasteiger partial charge < -0.3 is 5.32 Å². The van der Waals surface area contributed by atoms with Crippen LogP contribution in [0.2, 0.25) is 0 Å². The predicted molar refractivity (Wildman–Crippen MR) is 61.9 cm³/mol. The van der Waals surface area contributed by atoms with Gasteiger partial charge in [-0.05, 0) is 43.9 Å². The molecule has 2 saturated carbocycles. The fourth-order valence-corrected chi connectivity index (χ4v) is 2.86. The summed E-state index contributed by atoms with van der Waals surface area (Å²) in [7, 11) is 0. The van der Waals surface area contributed by atoms with Crippen molar-refractivity contribution in [3.05, 3.63) is 0 Å². The smallest absolute Gasteiger partial charge is 0.0337 e. The van der Waals surface area contributed by atoms with Gasteiger partial charge in [-0.3, -0.25) is 0 Å². The highest BCUT2D eigenvalue weighted by Gasteiger charge is 2.32. The van der Waals surface area contributed by atoms with Gasteiger partial charge in [0.1, 0.15) is 0 Å². The van der Waals surface area contributed by atoms with E-state index in [0.717, 1.165) is 6.04 Å². The Morgan fingerprint density at radius 2 is 1.86 bits per heavy atom. The van der Waals surface area contributed by atoms with E-state index in [1.165, 1.54) is 51.5 Å². The molecule has 0 aliphatic heterocycles. The van der Waals surface area contributed by atoms with Gasteiger partial charge in [-0.25, -0.2) is 0 Å². The third kappa shape index (κ3) is 2.64. The Bertz CT molecular complexity index is 181. The standard InChI is InChI=1S/C12H22ClN/c1-12(7-2-8-12)9-14-11-5-3-10(13)4-6-11/h10-11,14H,2-9H2,1H3. The number of rotatable bonds is 3. The second kappa shape index (κ2) is 4.40. The van der Waals surface area contributed by atoms with E-state index in [1.54, 1.807) is 0 Å². The Morgan fingerprint density at radius 3 is 2.36 bits per heavy atom. The summed E-state index contributed by atoms with van der Waals surface area (Å²) in [6, 6.07) is 0.752. The van der Waals surface area contributed by atoms with Gasteiger partial charge in [0.2, 0.25) is 0 Å². The maximum absolute atomic E-state index is 6.08. The molecular weight excluding hydrogens is 194 g/mol. The molecule has 0 saturated heterocycles. The minimum Gasteiger partial charge on any atom is -0.313 e. The van der Waals surface area contributed by atoms with Crippen LogP contribution >= 0.6 is 11.6 Å². The summed E-state index contributed by atoms with van der Waals surface area (Å²) >= 11 is 6.08. The Hall–Kier alpha value is 0.250. The normalized spacial score (nSPS) is 36.4. The monoisotopic (exact) mass is 215 g/mol. The molecule has 0 atom stereocenters. The Morgan fingerprint density at radius 1 is 1.21 bits per heavy atom. The zero-order valence-electron chi connectivity index (χ0n) is 9.19. The van der Waals surface area contributed by atoms with Gasteiger partial charge in [-0.1, -0.05) is 13.3 Å². The molecule has 0 bridgehead atoms. The van der Waals surface area contributed by atoms with Gasteiger partial charge in [0.25, 0.3) is 0 Å². The number of halogens is 1. The van der Waals surface area contributed by atoms with Crippen LogP contribution in [0.25, 0.3) is 0 Å². The minimum atomic E-state index is 0.451. The van der Waals surface area contributed by atoms with E-state index < -0.39 is 0 Å². The molecule has 2 aliphatic carbocycles. The van der Waals surface area contributed by atoms with Crippen molar-refractivity contribution >= 4 is 11.6 Å². The van der Waals surface area contributed by atoms with Crippen LogP contribution in [0.1, 0.15) is 51.9 Å². The van der Waals surface area contributed by atoms with Crippen molar-refractivity contribution in [2.45, 2.75) is 63.3 Å². The maximum Gasteiger partial charge on any atom is 0.0337 e. The third-order valence-electron chi connectivity index (χ3n) is 4.03. The first-order valence-electron chi connectivity index (χ1n) is 6.05. The summed E-state index contributed by atoms with van der Waals surface area (Å²) in [4.78, 5) is 0. The first kappa shape index (κ1) is 10.8. The average molecular weight is 216 g/mol. The van der Waals surface area contributed by atoms with Crippen LogP contribution in [0.3, 0.4) is 0 Å². The topological polar surface area (TPSA) is 12.0 Å². The molecule has 0 radical (unpaired) electrons. The quantitative estimate of drug-likeness (QED) is 0.713. The highest BCUT2D eigenvalue weighted by molar-refractivity contribution is 6.20. The fraction of sp³-hybridized carbons (Fsp3) is 1.00. The largest absolute Gasteiger partial charge is 0.313 e. The molecule has 0 heterocycles. The van der Waals surface area contributed by atoms with Crippen LogP contribution in [0.5, 0.6) is 0 Å². The lowest BCUT2D eigenvalue weighted by Gasteiger charge is -2.40. The number of hydrogen-bond acceptors (Lipinski definition) is 1. The van der Waals surface area contributed by atoms with Crippen LogP contribution in [0.4, 0.5) is 0 Å². The highest BCUT2D eigenvalue weighted by atomic mass is 35.5. The molecule has 1 N–H and O–H groups in total. The molecule has 2 aliphatic rings. The van der Waals surface area contributed by atoms with Crippen molar-refractivity contribution < 1.29 is 0 Å². The zero-order chi connectivity index (χ0) is 10.0. The maximum atomic E-state index is 6.08. The second-order valence-electron chi connectivity index (χ2n) is 5.49. The number of nitrogens with one attached hydrogen (secondary N) is 1. The summed E-state index contributed by atoms with van der Waals surface area (Å²) in [6.45, 7) is 3.64. The van der Waals surface area contributed by atoms with Crippen LogP contribution in [-0.4, -0.2) is 18.0 Å². The molecule has 0 aromatic heterocycles. The molecule has 82 valence electrons. The molecule has 2 rings (SSSR count). The van der Waals surface area contributed by atoms with Gasteiger partial charge >= 0.3 is 0 Å². The SMILES string of the molecule is CC1(CNC2CCC(Cl)CC2)CCC1. The minimum absolute atomic E-state index is 0.451. The fourth-order valence-electron chi connectivity index (χ4n) is 2.60. The third-order valence-corrected chi connectivity index (χ3v) is 4.47. The van der Waals surface area contributed by atoms with Crippen molar-refractivity contribution in [1.29, 1.82) is 0 Å². The Kier molecular flexibility index (Phi) is 3.38. The first-order chi connectivity index (χ1) is 6.68. The number of hydrogen-bond donors (Lipinski definition) is 1. The Balaban J connectivity index is 1.65. The van der Waals surface area contributed by atoms with Crippen LogP contribution < -0.4 is 5.32 Å². The van der Waals surface area contributed by atoms with Crippen molar-refractivity contribution in [2.24, 2.45) is 5.41 Å². The second-order valence-corrected chi connectivity index (χ2v) is 6.11. The van der Waals surface area contributed by atoms with E-state index in [9.17, 15) is 0 Å². The summed E-state index contributed by atoms with van der Waals surface area (Å²) in [5.74, 6) is 0. The van der Waals surface area contributed by atoms with Gasteiger partial charge in [-0.15, -0.1) is 11.6 Å². The van der Waals surface area contributed by atoms with E-state index in [-0.39, 0.29) is 0 Å². The van der Waals surface area contributed by atoms with E-state index in [1.807, 2.05) is 0 Å². The summed E-state index contributed by atoms with van der Waals surface area (Å²) < 4.78 is 0. The van der Waals surface area contributed by atoms with Crippen molar-refractivity contribution in [2.75, 3.05) is 6.54 Å². The molecule has 2 heteroatoms. The number of alkyl halides is 1. The highest BCUT2D eigenvalue weighted by Crippen LogP contribution is 2.39. The zero-order valence-corrected chi connectivity index (χ0v) is 9.95. The molecule has 0 aromatic carbocycles. The van der Waals surface area contributed by atoms with E-state index in [2.05, 4.69) is 12.2 Å². The van der Waals surface area contributed by atoms with Gasteiger partial charge in [0, 0.05) is 18.0 Å². The molecule has 2 fully saturated rings. The van der Waals surface area contributed by atoms with Crippen LogP contribution in [0.15, 0.2) is 0 Å². The van der Waals surface area contributed by atoms with Crippen molar-refractivity contribution in [3.8, 4) is 0 Å². The molecule has 0 amide bonds. The molecule has 0 unspecified atom stereocenters.